The zero-order valence-corrected chi connectivity index (χ0v) is 19.7. The fourth-order valence-corrected chi connectivity index (χ4v) is 8.82. The van der Waals surface area contributed by atoms with Crippen molar-refractivity contribution in [1.29, 1.82) is 0 Å². The largest absolute Gasteiger partial charge is 0.510 e. The summed E-state index contributed by atoms with van der Waals surface area (Å²) in [6.45, 7) is 12.1. The highest BCUT2D eigenvalue weighted by Gasteiger charge is 2.62. The van der Waals surface area contributed by atoms with Crippen LogP contribution in [0.1, 0.15) is 105 Å². The van der Waals surface area contributed by atoms with Crippen LogP contribution in [0.2, 0.25) is 0 Å². The Balaban J connectivity index is 1.57. The second-order valence-corrected chi connectivity index (χ2v) is 12.3. The summed E-state index contributed by atoms with van der Waals surface area (Å²) in [5.74, 6) is 4.18. The molecule has 0 bridgehead atoms. The van der Waals surface area contributed by atoms with Gasteiger partial charge >= 0.3 is 0 Å². The van der Waals surface area contributed by atoms with Crippen molar-refractivity contribution < 1.29 is 10.2 Å². The van der Waals surface area contributed by atoms with Crippen LogP contribution in [-0.2, 0) is 0 Å². The van der Waals surface area contributed by atoms with Gasteiger partial charge in [-0.3, -0.25) is 0 Å². The molecule has 3 saturated carbocycles. The van der Waals surface area contributed by atoms with Gasteiger partial charge in [-0.15, -0.1) is 0 Å². The lowest BCUT2D eigenvalue weighted by molar-refractivity contribution is -0.108. The summed E-state index contributed by atoms with van der Waals surface area (Å²) in [7, 11) is 0. The molecule has 8 atom stereocenters. The van der Waals surface area contributed by atoms with Gasteiger partial charge in [0.05, 0.1) is 0 Å². The summed E-state index contributed by atoms with van der Waals surface area (Å²) in [4.78, 5) is 0. The Morgan fingerprint density at radius 3 is 2.45 bits per heavy atom. The maximum Gasteiger partial charge on any atom is 0.121 e. The van der Waals surface area contributed by atoms with Gasteiger partial charge in [-0.2, -0.15) is 0 Å². The number of fused-ring (bicyclic) bond motifs is 5. The molecule has 4 rings (SSSR count). The van der Waals surface area contributed by atoms with Gasteiger partial charge < -0.3 is 10.2 Å². The number of allylic oxidation sites excluding steroid dienone is 1. The first kappa shape index (κ1) is 21.7. The predicted molar refractivity (Wildman–Crippen MR) is 121 cm³/mol. The van der Waals surface area contributed by atoms with E-state index in [0.29, 0.717) is 23.0 Å². The summed E-state index contributed by atoms with van der Waals surface area (Å²) in [6.07, 6.45) is 13.3. The lowest BCUT2D eigenvalue weighted by Gasteiger charge is -2.59. The first-order valence-corrected chi connectivity index (χ1v) is 12.8. The molecule has 29 heavy (non-hydrogen) atoms. The van der Waals surface area contributed by atoms with Crippen molar-refractivity contribution >= 4 is 0 Å². The van der Waals surface area contributed by atoms with Crippen LogP contribution >= 0.6 is 0 Å². The van der Waals surface area contributed by atoms with Crippen molar-refractivity contribution in [2.24, 2.45) is 46.3 Å². The molecule has 0 aliphatic heterocycles. The van der Waals surface area contributed by atoms with Crippen molar-refractivity contribution in [2.45, 2.75) is 111 Å². The standard InChI is InChI=1S/C27H46O2/c1-17(2)9-8-10-18(3)19-12-13-20-23-21(14-16-27(19,20)5)26(4)15-7-6-11-22(26)24(28)25(23)29/h17-21,23,25,28-29H,6-16H2,1-5H3/t18-,19-,20+,21+,23+,25?,26-,27-/m1/s1. The van der Waals surface area contributed by atoms with Crippen LogP contribution in [-0.4, -0.2) is 16.3 Å². The Kier molecular flexibility index (Phi) is 5.90. The third-order valence-electron chi connectivity index (χ3n) is 10.4. The van der Waals surface area contributed by atoms with Gasteiger partial charge in [-0.05, 0) is 96.9 Å². The van der Waals surface area contributed by atoms with Crippen LogP contribution in [0.5, 0.6) is 0 Å². The molecule has 0 saturated heterocycles. The lowest BCUT2D eigenvalue weighted by Crippen LogP contribution is -2.55. The highest BCUT2D eigenvalue weighted by Crippen LogP contribution is 2.68. The summed E-state index contributed by atoms with van der Waals surface area (Å²) in [5, 5.41) is 22.4. The Hall–Kier alpha value is -0.500. The van der Waals surface area contributed by atoms with E-state index in [1.165, 1.54) is 69.8 Å². The first-order chi connectivity index (χ1) is 13.7. The average molecular weight is 403 g/mol. The maximum atomic E-state index is 11.3. The summed E-state index contributed by atoms with van der Waals surface area (Å²) in [5.41, 5.74) is 1.70. The van der Waals surface area contributed by atoms with Crippen LogP contribution < -0.4 is 0 Å². The smallest absolute Gasteiger partial charge is 0.121 e. The molecule has 0 aromatic rings. The van der Waals surface area contributed by atoms with Gasteiger partial charge in [0, 0.05) is 0 Å². The minimum absolute atomic E-state index is 0.133. The van der Waals surface area contributed by atoms with E-state index in [9.17, 15) is 10.2 Å². The van der Waals surface area contributed by atoms with Crippen molar-refractivity contribution in [3.8, 4) is 0 Å². The van der Waals surface area contributed by atoms with Gasteiger partial charge in [0.15, 0.2) is 0 Å². The van der Waals surface area contributed by atoms with E-state index >= 15 is 0 Å². The minimum Gasteiger partial charge on any atom is -0.510 e. The average Bonchev–Trinajstić information content (AvgIpc) is 3.02. The molecule has 3 fully saturated rings. The van der Waals surface area contributed by atoms with E-state index in [0.717, 1.165) is 24.2 Å². The maximum absolute atomic E-state index is 11.3. The zero-order chi connectivity index (χ0) is 21.0. The van der Waals surface area contributed by atoms with Crippen LogP contribution in [0.15, 0.2) is 11.3 Å². The Morgan fingerprint density at radius 1 is 0.966 bits per heavy atom. The molecule has 0 radical (unpaired) electrons. The van der Waals surface area contributed by atoms with E-state index in [-0.39, 0.29) is 11.3 Å². The second kappa shape index (κ2) is 7.88. The van der Waals surface area contributed by atoms with Crippen molar-refractivity contribution in [3.63, 3.8) is 0 Å². The van der Waals surface area contributed by atoms with Gasteiger partial charge in [0.2, 0.25) is 0 Å². The number of hydrogen-bond donors (Lipinski definition) is 2. The second-order valence-electron chi connectivity index (χ2n) is 12.3. The van der Waals surface area contributed by atoms with Gasteiger partial charge in [0.1, 0.15) is 11.9 Å². The molecule has 2 heteroatoms. The van der Waals surface area contributed by atoms with E-state index in [4.69, 9.17) is 0 Å². The third-order valence-corrected chi connectivity index (χ3v) is 10.4. The van der Waals surface area contributed by atoms with Gasteiger partial charge in [0.25, 0.3) is 0 Å². The van der Waals surface area contributed by atoms with Crippen LogP contribution in [0.3, 0.4) is 0 Å². The highest BCUT2D eigenvalue weighted by molar-refractivity contribution is 5.30. The molecule has 4 aliphatic rings. The van der Waals surface area contributed by atoms with Crippen LogP contribution in [0.4, 0.5) is 0 Å². The van der Waals surface area contributed by atoms with Crippen molar-refractivity contribution in [3.05, 3.63) is 11.3 Å². The normalized spacial score (nSPS) is 45.7. The number of aliphatic hydroxyl groups is 2. The Bertz CT molecular complexity index is 636. The third kappa shape index (κ3) is 3.40. The molecule has 0 heterocycles. The molecule has 1 unspecified atom stereocenters. The Labute approximate surface area is 179 Å². The molecule has 2 nitrogen and oxygen atoms in total. The molecular weight excluding hydrogens is 356 g/mol. The van der Waals surface area contributed by atoms with Crippen molar-refractivity contribution in [2.75, 3.05) is 0 Å². The Morgan fingerprint density at radius 2 is 1.72 bits per heavy atom. The quantitative estimate of drug-likeness (QED) is 0.507. The fraction of sp³-hybridized carbons (Fsp3) is 0.926. The highest BCUT2D eigenvalue weighted by atomic mass is 16.3. The van der Waals surface area contributed by atoms with Gasteiger partial charge in [-0.25, -0.2) is 0 Å². The monoisotopic (exact) mass is 402 g/mol. The SMILES string of the molecule is CC(C)CCC[C@@H](C)[C@H]1CC[C@H]2[C@@H]3C(O)C(O)=C4CCCC[C@]4(C)[C@H]3CC[C@]12C. The molecule has 0 aromatic carbocycles. The molecule has 4 aliphatic carbocycles. The summed E-state index contributed by atoms with van der Waals surface area (Å²) >= 11 is 0. The molecule has 0 spiro atoms. The van der Waals surface area contributed by atoms with E-state index < -0.39 is 6.10 Å². The van der Waals surface area contributed by atoms with E-state index in [1.54, 1.807) is 0 Å². The number of hydrogen-bond acceptors (Lipinski definition) is 2. The van der Waals surface area contributed by atoms with E-state index in [1.807, 2.05) is 0 Å². The summed E-state index contributed by atoms with van der Waals surface area (Å²) in [6, 6.07) is 0. The molecule has 2 N–H and O–H groups in total. The van der Waals surface area contributed by atoms with Gasteiger partial charge in [-0.1, -0.05) is 60.3 Å². The number of aliphatic hydroxyl groups excluding tert-OH is 2. The van der Waals surface area contributed by atoms with Crippen LogP contribution in [0.25, 0.3) is 0 Å². The topological polar surface area (TPSA) is 40.5 Å². The minimum atomic E-state index is -0.610. The molecule has 0 aromatic heterocycles. The zero-order valence-electron chi connectivity index (χ0n) is 19.7. The molecular formula is C27H46O2. The fourth-order valence-electron chi connectivity index (χ4n) is 8.82. The van der Waals surface area contributed by atoms with Crippen LogP contribution in [0, 0.1) is 46.3 Å². The number of rotatable bonds is 5. The molecule has 0 amide bonds. The summed E-state index contributed by atoms with van der Waals surface area (Å²) < 4.78 is 0. The predicted octanol–water partition coefficient (Wildman–Crippen LogP) is 7.27. The first-order valence-electron chi connectivity index (χ1n) is 12.8. The molecule has 166 valence electrons. The van der Waals surface area contributed by atoms with Crippen molar-refractivity contribution in [1.82, 2.24) is 0 Å². The van der Waals surface area contributed by atoms with E-state index in [2.05, 4.69) is 34.6 Å². The lowest BCUT2D eigenvalue weighted by atomic mass is 9.46.